The van der Waals surface area contributed by atoms with Gasteiger partial charge in [-0.15, -0.1) is 6.42 Å². The lowest BCUT2D eigenvalue weighted by atomic mass is 10.0. The molecule has 78 valence electrons. The van der Waals surface area contributed by atoms with Crippen LogP contribution in [0.4, 0.5) is 0 Å². The summed E-state index contributed by atoms with van der Waals surface area (Å²) < 4.78 is 5.37. The predicted octanol–water partition coefficient (Wildman–Crippen LogP) is 2.00. The molecule has 15 heavy (non-hydrogen) atoms. The van der Waals surface area contributed by atoms with Crippen LogP contribution >= 0.6 is 0 Å². The minimum atomic E-state index is 0.0147. The first-order chi connectivity index (χ1) is 7.35. The second-order valence-corrected chi connectivity index (χ2v) is 3.68. The fraction of sp³-hybridized carbons (Fsp3) is 0.385. The molecule has 1 atom stereocenters. The van der Waals surface area contributed by atoms with Crippen molar-refractivity contribution < 1.29 is 4.74 Å². The molecule has 2 heteroatoms. The fourth-order valence-electron chi connectivity index (χ4n) is 1.85. The Morgan fingerprint density at radius 3 is 3.00 bits per heavy atom. The van der Waals surface area contributed by atoms with Gasteiger partial charge in [-0.1, -0.05) is 31.0 Å². The second kappa shape index (κ2) is 4.48. The summed E-state index contributed by atoms with van der Waals surface area (Å²) in [5.74, 6) is 2.76. The number of hydrogen-bond donors (Lipinski definition) is 1. The van der Waals surface area contributed by atoms with E-state index in [1.807, 2.05) is 0 Å². The van der Waals surface area contributed by atoms with E-state index in [4.69, 9.17) is 11.2 Å². The number of ether oxygens (including phenoxy) is 1. The molecule has 1 aromatic rings. The van der Waals surface area contributed by atoms with E-state index in [1.54, 1.807) is 0 Å². The van der Waals surface area contributed by atoms with Crippen molar-refractivity contribution in [3.8, 4) is 12.3 Å². The number of nitrogens with one attached hydrogen (secondary N) is 1. The molecule has 0 saturated heterocycles. The maximum Gasteiger partial charge on any atom is 0.0943 e. The maximum atomic E-state index is 5.49. The van der Waals surface area contributed by atoms with Gasteiger partial charge in [0.25, 0.3) is 0 Å². The predicted molar refractivity (Wildman–Crippen MR) is 60.2 cm³/mol. The average molecular weight is 201 g/mol. The summed E-state index contributed by atoms with van der Waals surface area (Å²) in [4.78, 5) is 0. The molecule has 0 radical (unpaired) electrons. The van der Waals surface area contributed by atoms with Gasteiger partial charge in [0, 0.05) is 0 Å². The normalized spacial score (nSPS) is 15.7. The number of benzene rings is 1. The summed E-state index contributed by atoms with van der Waals surface area (Å²) in [5, 5.41) is 3.26. The SMILES string of the molecule is C#CC(NCC)c1ccc2c(c1)COC2. The Balaban J connectivity index is 2.25. The first-order valence-corrected chi connectivity index (χ1v) is 5.24. The molecule has 0 saturated carbocycles. The van der Waals surface area contributed by atoms with Crippen LogP contribution in [-0.2, 0) is 18.0 Å². The minimum Gasteiger partial charge on any atom is -0.372 e. The molecule has 1 aromatic carbocycles. The Hall–Kier alpha value is -1.30. The van der Waals surface area contributed by atoms with Crippen molar-refractivity contribution in [2.24, 2.45) is 0 Å². The second-order valence-electron chi connectivity index (χ2n) is 3.68. The first kappa shape index (κ1) is 10.2. The van der Waals surface area contributed by atoms with Gasteiger partial charge in [-0.3, -0.25) is 0 Å². The average Bonchev–Trinajstić information content (AvgIpc) is 2.72. The Bertz CT molecular complexity index is 392. The van der Waals surface area contributed by atoms with E-state index in [2.05, 4.69) is 36.4 Å². The van der Waals surface area contributed by atoms with Crippen LogP contribution in [0.2, 0.25) is 0 Å². The quantitative estimate of drug-likeness (QED) is 0.755. The molecule has 1 aliphatic rings. The Morgan fingerprint density at radius 2 is 2.27 bits per heavy atom. The van der Waals surface area contributed by atoms with Crippen molar-refractivity contribution in [1.29, 1.82) is 0 Å². The summed E-state index contributed by atoms with van der Waals surface area (Å²) >= 11 is 0. The zero-order chi connectivity index (χ0) is 10.7. The van der Waals surface area contributed by atoms with Gasteiger partial charge >= 0.3 is 0 Å². The zero-order valence-electron chi connectivity index (χ0n) is 8.92. The molecule has 0 spiro atoms. The molecule has 2 nitrogen and oxygen atoms in total. The van der Waals surface area contributed by atoms with Gasteiger partial charge in [0.05, 0.1) is 19.3 Å². The van der Waals surface area contributed by atoms with Gasteiger partial charge in [0.15, 0.2) is 0 Å². The Kier molecular flexibility index (Phi) is 3.05. The third kappa shape index (κ3) is 2.04. The molecule has 1 aliphatic heterocycles. The topological polar surface area (TPSA) is 21.3 Å². The van der Waals surface area contributed by atoms with Crippen molar-refractivity contribution in [2.45, 2.75) is 26.2 Å². The van der Waals surface area contributed by atoms with Crippen LogP contribution in [0.1, 0.15) is 29.7 Å². The van der Waals surface area contributed by atoms with Crippen LogP contribution in [0.25, 0.3) is 0 Å². The van der Waals surface area contributed by atoms with E-state index in [-0.39, 0.29) is 6.04 Å². The number of rotatable bonds is 3. The smallest absolute Gasteiger partial charge is 0.0943 e. The number of terminal acetylenes is 1. The molecule has 0 bridgehead atoms. The van der Waals surface area contributed by atoms with Gasteiger partial charge in [-0.25, -0.2) is 0 Å². The Morgan fingerprint density at radius 1 is 1.47 bits per heavy atom. The monoisotopic (exact) mass is 201 g/mol. The van der Waals surface area contributed by atoms with Gasteiger partial charge in [0.1, 0.15) is 0 Å². The standard InChI is InChI=1S/C13H15NO/c1-3-13(14-4-2)10-5-6-11-8-15-9-12(11)7-10/h1,5-7,13-14H,4,8-9H2,2H3. The van der Waals surface area contributed by atoms with E-state index in [1.165, 1.54) is 11.1 Å². The molecular weight excluding hydrogens is 186 g/mol. The molecule has 0 aromatic heterocycles. The van der Waals surface area contributed by atoms with Crippen LogP contribution in [0.3, 0.4) is 0 Å². The van der Waals surface area contributed by atoms with E-state index < -0.39 is 0 Å². The minimum absolute atomic E-state index is 0.0147. The highest BCUT2D eigenvalue weighted by atomic mass is 16.5. The molecule has 0 fully saturated rings. The van der Waals surface area contributed by atoms with Crippen LogP contribution < -0.4 is 5.32 Å². The highest BCUT2D eigenvalue weighted by molar-refractivity contribution is 5.36. The van der Waals surface area contributed by atoms with Crippen molar-refractivity contribution in [3.05, 3.63) is 34.9 Å². The van der Waals surface area contributed by atoms with Gasteiger partial charge in [-0.2, -0.15) is 0 Å². The molecule has 1 N–H and O–H groups in total. The first-order valence-electron chi connectivity index (χ1n) is 5.24. The number of hydrogen-bond acceptors (Lipinski definition) is 2. The summed E-state index contributed by atoms with van der Waals surface area (Å²) in [7, 11) is 0. The lowest BCUT2D eigenvalue weighted by molar-refractivity contribution is 0.134. The van der Waals surface area contributed by atoms with E-state index in [0.29, 0.717) is 6.61 Å². The lowest BCUT2D eigenvalue weighted by Crippen LogP contribution is -2.19. The highest BCUT2D eigenvalue weighted by Crippen LogP contribution is 2.23. The van der Waals surface area contributed by atoms with Crippen molar-refractivity contribution in [1.82, 2.24) is 5.32 Å². The molecule has 1 unspecified atom stereocenters. The largest absolute Gasteiger partial charge is 0.372 e. The summed E-state index contributed by atoms with van der Waals surface area (Å²) in [6.45, 7) is 4.38. The molecule has 0 aliphatic carbocycles. The molecule has 2 rings (SSSR count). The third-order valence-corrected chi connectivity index (χ3v) is 2.65. The molecule has 1 heterocycles. The van der Waals surface area contributed by atoms with Gasteiger partial charge in [0.2, 0.25) is 0 Å². The Labute approximate surface area is 90.6 Å². The summed E-state index contributed by atoms with van der Waals surface area (Å²) in [5.41, 5.74) is 3.71. The van der Waals surface area contributed by atoms with E-state index in [0.717, 1.165) is 18.7 Å². The van der Waals surface area contributed by atoms with Crippen molar-refractivity contribution >= 4 is 0 Å². The number of fused-ring (bicyclic) bond motifs is 1. The highest BCUT2D eigenvalue weighted by Gasteiger charge is 2.14. The third-order valence-electron chi connectivity index (χ3n) is 2.65. The zero-order valence-corrected chi connectivity index (χ0v) is 8.92. The maximum absolute atomic E-state index is 5.49. The summed E-state index contributed by atoms with van der Waals surface area (Å²) in [6, 6.07) is 6.36. The molecular formula is C13H15NO. The van der Waals surface area contributed by atoms with Gasteiger partial charge in [-0.05, 0) is 23.2 Å². The fourth-order valence-corrected chi connectivity index (χ4v) is 1.85. The van der Waals surface area contributed by atoms with Crippen LogP contribution in [0.5, 0.6) is 0 Å². The van der Waals surface area contributed by atoms with E-state index >= 15 is 0 Å². The summed E-state index contributed by atoms with van der Waals surface area (Å²) in [6.07, 6.45) is 5.49. The lowest BCUT2D eigenvalue weighted by Gasteiger charge is -2.12. The van der Waals surface area contributed by atoms with Crippen LogP contribution in [-0.4, -0.2) is 6.54 Å². The van der Waals surface area contributed by atoms with Crippen molar-refractivity contribution in [2.75, 3.05) is 6.54 Å². The molecule has 0 amide bonds. The van der Waals surface area contributed by atoms with Crippen LogP contribution in [0, 0.1) is 12.3 Å². The van der Waals surface area contributed by atoms with Crippen LogP contribution in [0.15, 0.2) is 18.2 Å². The van der Waals surface area contributed by atoms with E-state index in [9.17, 15) is 0 Å². The van der Waals surface area contributed by atoms with Gasteiger partial charge < -0.3 is 10.1 Å². The van der Waals surface area contributed by atoms with Crippen molar-refractivity contribution in [3.63, 3.8) is 0 Å².